The number of nitrogens with one attached hydrogen (secondary N) is 2. The maximum Gasteiger partial charge on any atom is 0.338 e. The number of hydrogen-bond acceptors (Lipinski definition) is 4. The van der Waals surface area contributed by atoms with E-state index in [0.717, 1.165) is 5.56 Å². The Hall–Kier alpha value is -2.50. The summed E-state index contributed by atoms with van der Waals surface area (Å²) in [5.74, 6) is 0.205. The second-order valence-corrected chi connectivity index (χ2v) is 4.57. The molecular formula is C15H18N2O4. The molecule has 2 rings (SSSR count). The molecule has 0 aliphatic carbocycles. The smallest absolute Gasteiger partial charge is 0.338 e. The third-order valence-corrected chi connectivity index (χ3v) is 3.19. The van der Waals surface area contributed by atoms with E-state index in [2.05, 4.69) is 10.6 Å². The molecule has 1 heterocycles. The molecule has 2 amide bonds. The number of esters is 1. The van der Waals surface area contributed by atoms with E-state index in [0.29, 0.717) is 17.0 Å². The zero-order valence-electron chi connectivity index (χ0n) is 12.2. The molecule has 0 bridgehead atoms. The molecule has 0 saturated heterocycles. The molecule has 1 aliphatic rings. The van der Waals surface area contributed by atoms with Crippen LogP contribution in [0.25, 0.3) is 0 Å². The predicted octanol–water partition coefficient (Wildman–Crippen LogP) is 1.89. The zero-order chi connectivity index (χ0) is 15.4. The average molecular weight is 290 g/mol. The number of carbonyl (C=O) groups is 2. The molecule has 2 N–H and O–H groups in total. The van der Waals surface area contributed by atoms with Crippen molar-refractivity contribution in [3.05, 3.63) is 41.1 Å². The molecule has 112 valence electrons. The molecule has 1 atom stereocenters. The second-order valence-electron chi connectivity index (χ2n) is 4.57. The lowest BCUT2D eigenvalue weighted by Crippen LogP contribution is -2.45. The van der Waals surface area contributed by atoms with Crippen LogP contribution >= 0.6 is 0 Å². The van der Waals surface area contributed by atoms with Crippen molar-refractivity contribution in [2.45, 2.75) is 19.9 Å². The van der Waals surface area contributed by atoms with Crippen LogP contribution in [0.2, 0.25) is 0 Å². The normalized spacial score (nSPS) is 17.9. The van der Waals surface area contributed by atoms with Gasteiger partial charge in [0.15, 0.2) is 0 Å². The first kappa shape index (κ1) is 14.9. The van der Waals surface area contributed by atoms with E-state index in [4.69, 9.17) is 9.47 Å². The Labute approximate surface area is 123 Å². The largest absolute Gasteiger partial charge is 0.497 e. The van der Waals surface area contributed by atoms with Crippen LogP contribution in [0.15, 0.2) is 35.5 Å². The Bertz CT molecular complexity index is 595. The predicted molar refractivity (Wildman–Crippen MR) is 76.7 cm³/mol. The summed E-state index contributed by atoms with van der Waals surface area (Å²) in [6.45, 7) is 3.69. The third-order valence-electron chi connectivity index (χ3n) is 3.19. The minimum absolute atomic E-state index is 0.272. The summed E-state index contributed by atoms with van der Waals surface area (Å²) in [6, 6.07) is 6.29. The Morgan fingerprint density at radius 1 is 1.38 bits per heavy atom. The van der Waals surface area contributed by atoms with Gasteiger partial charge in [-0.3, -0.25) is 0 Å². The van der Waals surface area contributed by atoms with E-state index in [1.165, 1.54) is 0 Å². The van der Waals surface area contributed by atoms with Gasteiger partial charge in [-0.05, 0) is 31.5 Å². The molecule has 0 aromatic heterocycles. The van der Waals surface area contributed by atoms with E-state index in [9.17, 15) is 9.59 Å². The van der Waals surface area contributed by atoms with Crippen LogP contribution in [0.3, 0.4) is 0 Å². The monoisotopic (exact) mass is 290 g/mol. The molecule has 21 heavy (non-hydrogen) atoms. The van der Waals surface area contributed by atoms with Crippen molar-refractivity contribution >= 4 is 12.0 Å². The van der Waals surface area contributed by atoms with Gasteiger partial charge >= 0.3 is 12.0 Å². The first-order valence-corrected chi connectivity index (χ1v) is 6.66. The number of allylic oxidation sites excluding steroid dienone is 1. The SMILES string of the molecule is CCOC(=O)C1=C(C)NC(=O)N[C@@H]1c1cccc(OC)c1. The minimum Gasteiger partial charge on any atom is -0.497 e. The lowest BCUT2D eigenvalue weighted by atomic mass is 9.95. The van der Waals surface area contributed by atoms with Crippen molar-refractivity contribution in [3.8, 4) is 5.75 Å². The van der Waals surface area contributed by atoms with E-state index in [1.54, 1.807) is 39.2 Å². The van der Waals surface area contributed by atoms with E-state index >= 15 is 0 Å². The molecule has 1 aromatic carbocycles. The molecule has 0 unspecified atom stereocenters. The van der Waals surface area contributed by atoms with Gasteiger partial charge in [-0.15, -0.1) is 0 Å². The molecule has 1 aromatic rings. The van der Waals surface area contributed by atoms with Crippen molar-refractivity contribution < 1.29 is 19.1 Å². The van der Waals surface area contributed by atoms with E-state index in [1.807, 2.05) is 6.07 Å². The fourth-order valence-electron chi connectivity index (χ4n) is 2.24. The Morgan fingerprint density at radius 2 is 2.14 bits per heavy atom. The second kappa shape index (κ2) is 6.30. The van der Waals surface area contributed by atoms with Crippen molar-refractivity contribution in [1.82, 2.24) is 10.6 Å². The van der Waals surface area contributed by atoms with Crippen LogP contribution in [-0.4, -0.2) is 25.7 Å². The van der Waals surface area contributed by atoms with Gasteiger partial charge in [-0.25, -0.2) is 9.59 Å². The van der Waals surface area contributed by atoms with Crippen LogP contribution in [0.1, 0.15) is 25.5 Å². The molecule has 0 radical (unpaired) electrons. The van der Waals surface area contributed by atoms with Gasteiger partial charge in [0.25, 0.3) is 0 Å². The van der Waals surface area contributed by atoms with Gasteiger partial charge in [-0.1, -0.05) is 12.1 Å². The van der Waals surface area contributed by atoms with Gasteiger partial charge in [0.1, 0.15) is 5.75 Å². The Kier molecular flexibility index (Phi) is 4.47. The molecule has 6 nitrogen and oxygen atoms in total. The highest BCUT2D eigenvalue weighted by Gasteiger charge is 2.32. The number of benzene rings is 1. The lowest BCUT2D eigenvalue weighted by molar-refractivity contribution is -0.139. The Morgan fingerprint density at radius 3 is 2.81 bits per heavy atom. The first-order chi connectivity index (χ1) is 10.1. The zero-order valence-corrected chi connectivity index (χ0v) is 12.2. The van der Waals surface area contributed by atoms with Crippen molar-refractivity contribution in [1.29, 1.82) is 0 Å². The molecular weight excluding hydrogens is 272 g/mol. The fraction of sp³-hybridized carbons (Fsp3) is 0.333. The number of ether oxygens (including phenoxy) is 2. The fourth-order valence-corrected chi connectivity index (χ4v) is 2.24. The lowest BCUT2D eigenvalue weighted by Gasteiger charge is -2.28. The highest BCUT2D eigenvalue weighted by Crippen LogP contribution is 2.29. The number of methoxy groups -OCH3 is 1. The van der Waals surface area contributed by atoms with Gasteiger partial charge in [0, 0.05) is 5.70 Å². The summed E-state index contributed by atoms with van der Waals surface area (Å²) in [5.41, 5.74) is 1.64. The molecule has 0 fully saturated rings. The number of urea groups is 1. The highest BCUT2D eigenvalue weighted by atomic mass is 16.5. The maximum atomic E-state index is 12.2. The molecule has 6 heteroatoms. The molecule has 0 spiro atoms. The van der Waals surface area contributed by atoms with Gasteiger partial charge in [0.05, 0.1) is 25.3 Å². The van der Waals surface area contributed by atoms with Gasteiger partial charge in [0.2, 0.25) is 0 Å². The van der Waals surface area contributed by atoms with Crippen LogP contribution in [0.5, 0.6) is 5.75 Å². The summed E-state index contributed by atoms with van der Waals surface area (Å²) in [6.07, 6.45) is 0. The molecule has 1 aliphatic heterocycles. The summed E-state index contributed by atoms with van der Waals surface area (Å²) >= 11 is 0. The number of hydrogen-bond donors (Lipinski definition) is 2. The third kappa shape index (κ3) is 3.16. The molecule has 0 saturated carbocycles. The summed E-state index contributed by atoms with van der Waals surface area (Å²) in [7, 11) is 1.56. The van der Waals surface area contributed by atoms with Crippen molar-refractivity contribution in [2.24, 2.45) is 0 Å². The van der Waals surface area contributed by atoms with Crippen molar-refractivity contribution in [2.75, 3.05) is 13.7 Å². The van der Waals surface area contributed by atoms with Crippen LogP contribution in [0, 0.1) is 0 Å². The highest BCUT2D eigenvalue weighted by molar-refractivity contribution is 5.95. The Balaban J connectivity index is 2.44. The van der Waals surface area contributed by atoms with Crippen molar-refractivity contribution in [3.63, 3.8) is 0 Å². The topological polar surface area (TPSA) is 76.7 Å². The van der Waals surface area contributed by atoms with E-state index in [-0.39, 0.29) is 12.6 Å². The summed E-state index contributed by atoms with van der Waals surface area (Å²) < 4.78 is 10.3. The number of rotatable bonds is 4. The van der Waals surface area contributed by atoms with Crippen LogP contribution in [0.4, 0.5) is 4.79 Å². The van der Waals surface area contributed by atoms with E-state index < -0.39 is 12.0 Å². The maximum absolute atomic E-state index is 12.2. The average Bonchev–Trinajstić information content (AvgIpc) is 2.46. The summed E-state index contributed by atoms with van der Waals surface area (Å²) in [5, 5.41) is 5.33. The van der Waals surface area contributed by atoms with Gasteiger partial charge < -0.3 is 20.1 Å². The number of amides is 2. The standard InChI is InChI=1S/C15H18N2O4/c1-4-21-14(18)12-9(2)16-15(19)17-13(12)10-6-5-7-11(8-10)20-3/h5-8,13H,4H2,1-3H3,(H2,16,17,19)/t13-/m1/s1. The first-order valence-electron chi connectivity index (χ1n) is 6.66. The minimum atomic E-state index is -0.562. The van der Waals surface area contributed by atoms with Crippen LogP contribution < -0.4 is 15.4 Å². The quantitative estimate of drug-likeness (QED) is 0.830. The van der Waals surface area contributed by atoms with Crippen LogP contribution in [-0.2, 0) is 9.53 Å². The number of carbonyl (C=O) groups excluding carboxylic acids is 2. The van der Waals surface area contributed by atoms with Gasteiger partial charge in [-0.2, -0.15) is 0 Å². The summed E-state index contributed by atoms with van der Waals surface area (Å²) in [4.78, 5) is 23.8.